The van der Waals surface area contributed by atoms with Crippen LogP contribution in [0.5, 0.6) is 5.75 Å². The Morgan fingerprint density at radius 3 is 2.21 bits per heavy atom. The summed E-state index contributed by atoms with van der Waals surface area (Å²) in [6.07, 6.45) is 2.07. The molecule has 0 radical (unpaired) electrons. The number of nitrogens with zero attached hydrogens (tertiary/aromatic N) is 2. The van der Waals surface area contributed by atoms with Crippen molar-refractivity contribution in [2.24, 2.45) is 0 Å². The molecule has 1 atom stereocenters. The van der Waals surface area contributed by atoms with Crippen molar-refractivity contribution in [3.8, 4) is 11.4 Å². The average molecular weight is 369 g/mol. The average Bonchev–Trinajstić information content (AvgIpc) is 2.82. The molecule has 1 unspecified atom stereocenters. The van der Waals surface area contributed by atoms with E-state index >= 15 is 0 Å². The molecule has 1 heterocycles. The van der Waals surface area contributed by atoms with Gasteiger partial charge in [-0.05, 0) is 39.0 Å². The SMILES string of the molecule is C[S+](Oc1ccc(-n2nc(C(C)(C)C)cc2N)cc1Cl)C(C)(C)C. The first kappa shape index (κ1) is 19.0. The van der Waals surface area contributed by atoms with E-state index in [9.17, 15) is 0 Å². The monoisotopic (exact) mass is 368 g/mol. The molecule has 0 aliphatic heterocycles. The second kappa shape index (κ2) is 6.52. The van der Waals surface area contributed by atoms with Crippen molar-refractivity contribution in [1.82, 2.24) is 9.78 Å². The molecule has 1 aromatic heterocycles. The van der Waals surface area contributed by atoms with Gasteiger partial charge in [0.15, 0.2) is 15.9 Å². The molecule has 2 rings (SSSR count). The molecule has 132 valence electrons. The van der Waals surface area contributed by atoms with Gasteiger partial charge in [0.2, 0.25) is 5.75 Å². The van der Waals surface area contributed by atoms with Gasteiger partial charge in [-0.2, -0.15) is 5.10 Å². The zero-order chi connectivity index (χ0) is 18.3. The lowest BCUT2D eigenvalue weighted by Gasteiger charge is -2.17. The van der Waals surface area contributed by atoms with Crippen LogP contribution >= 0.6 is 11.6 Å². The summed E-state index contributed by atoms with van der Waals surface area (Å²) in [6.45, 7) is 12.8. The van der Waals surface area contributed by atoms with E-state index in [4.69, 9.17) is 21.5 Å². The summed E-state index contributed by atoms with van der Waals surface area (Å²) in [7, 11) is 0. The minimum absolute atomic E-state index is 0.0600. The third kappa shape index (κ3) is 4.19. The Hall–Kier alpha value is -1.33. The van der Waals surface area contributed by atoms with Gasteiger partial charge in [-0.3, -0.25) is 4.18 Å². The molecular weight excluding hydrogens is 342 g/mol. The van der Waals surface area contributed by atoms with Crippen LogP contribution in [-0.4, -0.2) is 20.8 Å². The van der Waals surface area contributed by atoms with Gasteiger partial charge >= 0.3 is 0 Å². The topological polar surface area (TPSA) is 53.1 Å². The fourth-order valence-electron chi connectivity index (χ4n) is 1.92. The Labute approximate surface area is 152 Å². The molecule has 0 bridgehead atoms. The van der Waals surface area contributed by atoms with E-state index in [-0.39, 0.29) is 21.3 Å². The number of aromatic nitrogens is 2. The summed E-state index contributed by atoms with van der Waals surface area (Å²) in [5.41, 5.74) is 7.83. The van der Waals surface area contributed by atoms with Crippen molar-refractivity contribution < 1.29 is 4.18 Å². The van der Waals surface area contributed by atoms with E-state index in [1.54, 1.807) is 4.68 Å². The minimum Gasteiger partial charge on any atom is -0.384 e. The summed E-state index contributed by atoms with van der Waals surface area (Å²) in [6, 6.07) is 7.55. The highest BCUT2D eigenvalue weighted by molar-refractivity contribution is 7.93. The first-order chi connectivity index (χ1) is 10.9. The highest BCUT2D eigenvalue weighted by Crippen LogP contribution is 2.32. The van der Waals surface area contributed by atoms with Crippen LogP contribution in [0.25, 0.3) is 5.69 Å². The lowest BCUT2D eigenvalue weighted by atomic mass is 9.92. The van der Waals surface area contributed by atoms with E-state index in [1.807, 2.05) is 24.3 Å². The maximum absolute atomic E-state index is 6.42. The van der Waals surface area contributed by atoms with Gasteiger partial charge in [0, 0.05) is 11.5 Å². The number of nitrogens with two attached hydrogens (primary N) is 1. The molecule has 6 heteroatoms. The number of anilines is 1. The van der Waals surface area contributed by atoms with Gasteiger partial charge in [0.05, 0.1) is 16.4 Å². The van der Waals surface area contributed by atoms with Crippen molar-refractivity contribution in [2.75, 3.05) is 12.0 Å². The van der Waals surface area contributed by atoms with Crippen molar-refractivity contribution in [3.05, 3.63) is 35.0 Å². The second-order valence-corrected chi connectivity index (χ2v) is 10.6. The molecular formula is C18H27ClN3OS+. The van der Waals surface area contributed by atoms with E-state index in [2.05, 4.69) is 52.9 Å². The fraction of sp³-hybridized carbons (Fsp3) is 0.500. The molecule has 0 aliphatic carbocycles. The molecule has 1 aromatic carbocycles. The van der Waals surface area contributed by atoms with Crippen molar-refractivity contribution >= 4 is 28.6 Å². The van der Waals surface area contributed by atoms with Gasteiger partial charge in [-0.15, -0.1) is 0 Å². The van der Waals surface area contributed by atoms with Crippen LogP contribution in [0.1, 0.15) is 47.2 Å². The number of benzene rings is 1. The predicted molar refractivity (Wildman–Crippen MR) is 105 cm³/mol. The van der Waals surface area contributed by atoms with Crippen LogP contribution in [0.3, 0.4) is 0 Å². The highest BCUT2D eigenvalue weighted by atomic mass is 35.5. The summed E-state index contributed by atoms with van der Waals surface area (Å²) >= 11 is 6.18. The molecule has 4 nitrogen and oxygen atoms in total. The Morgan fingerprint density at radius 2 is 1.75 bits per heavy atom. The number of hydrogen-bond donors (Lipinski definition) is 1. The molecule has 0 spiro atoms. The smallest absolute Gasteiger partial charge is 0.206 e. The zero-order valence-corrected chi connectivity index (χ0v) is 17.0. The molecule has 2 aromatic rings. The molecule has 0 aliphatic rings. The third-order valence-electron chi connectivity index (χ3n) is 3.74. The van der Waals surface area contributed by atoms with Crippen LogP contribution < -0.4 is 9.92 Å². The quantitative estimate of drug-likeness (QED) is 0.795. The normalized spacial score (nSPS) is 13.8. The van der Waals surface area contributed by atoms with Crippen molar-refractivity contribution in [2.45, 2.75) is 51.7 Å². The number of nitrogen functional groups attached to an aromatic ring is 1. The second-order valence-electron chi connectivity index (χ2n) is 7.88. The lowest BCUT2D eigenvalue weighted by Crippen LogP contribution is -2.31. The van der Waals surface area contributed by atoms with Crippen LogP contribution in [0.4, 0.5) is 5.82 Å². The van der Waals surface area contributed by atoms with E-state index in [0.717, 1.165) is 11.4 Å². The third-order valence-corrected chi connectivity index (χ3v) is 6.19. The molecule has 0 saturated heterocycles. The largest absolute Gasteiger partial charge is 0.384 e. The maximum Gasteiger partial charge on any atom is 0.206 e. The van der Waals surface area contributed by atoms with Gasteiger partial charge in [-0.25, -0.2) is 4.68 Å². The summed E-state index contributed by atoms with van der Waals surface area (Å²) < 4.78 is 7.80. The summed E-state index contributed by atoms with van der Waals surface area (Å²) in [5.74, 6) is 1.28. The molecule has 0 saturated carbocycles. The Kier molecular flexibility index (Phi) is 5.17. The van der Waals surface area contributed by atoms with Crippen LogP contribution in [0.2, 0.25) is 5.02 Å². The molecule has 24 heavy (non-hydrogen) atoms. The van der Waals surface area contributed by atoms with Gasteiger partial charge in [-0.1, -0.05) is 32.4 Å². The van der Waals surface area contributed by atoms with E-state index in [0.29, 0.717) is 16.6 Å². The van der Waals surface area contributed by atoms with E-state index < -0.39 is 0 Å². The van der Waals surface area contributed by atoms with Gasteiger partial charge in [0.25, 0.3) is 0 Å². The van der Waals surface area contributed by atoms with Crippen molar-refractivity contribution in [1.29, 1.82) is 0 Å². The lowest BCUT2D eigenvalue weighted by molar-refractivity contribution is 0.560. The minimum atomic E-state index is -0.243. The number of rotatable bonds is 3. The summed E-state index contributed by atoms with van der Waals surface area (Å²) in [4.78, 5) is 0. The van der Waals surface area contributed by atoms with Crippen molar-refractivity contribution in [3.63, 3.8) is 0 Å². The highest BCUT2D eigenvalue weighted by Gasteiger charge is 2.34. The van der Waals surface area contributed by atoms with E-state index in [1.165, 1.54) is 0 Å². The van der Waals surface area contributed by atoms with Crippen LogP contribution in [0.15, 0.2) is 24.3 Å². The number of halogens is 1. The fourth-order valence-corrected chi connectivity index (χ4v) is 2.84. The first-order valence-electron chi connectivity index (χ1n) is 7.90. The standard InChI is InChI=1S/C18H27ClN3OS/c1-17(2,3)15-11-16(20)22(21-15)12-8-9-14(13(19)10-12)23-24(7)18(4,5)6/h8-11H,20H2,1-7H3/q+1. The molecule has 0 fully saturated rings. The van der Waals surface area contributed by atoms with Gasteiger partial charge in [0.1, 0.15) is 12.1 Å². The molecule has 0 amide bonds. The molecule has 2 N–H and O–H groups in total. The number of hydrogen-bond acceptors (Lipinski definition) is 3. The van der Waals surface area contributed by atoms with Crippen LogP contribution in [0, 0.1) is 0 Å². The Balaban J connectivity index is 2.32. The maximum atomic E-state index is 6.42. The zero-order valence-electron chi connectivity index (χ0n) is 15.5. The summed E-state index contributed by atoms with van der Waals surface area (Å²) in [5, 5.41) is 5.17. The Bertz CT molecular complexity index is 729. The van der Waals surface area contributed by atoms with Crippen LogP contribution in [-0.2, 0) is 16.6 Å². The van der Waals surface area contributed by atoms with Gasteiger partial charge < -0.3 is 5.73 Å². The Morgan fingerprint density at radius 1 is 1.12 bits per heavy atom. The first-order valence-corrected chi connectivity index (χ1v) is 9.83. The predicted octanol–water partition coefficient (Wildman–Crippen LogP) is 4.75.